The van der Waals surface area contributed by atoms with Crippen LogP contribution < -0.4 is 10.2 Å². The number of rotatable bonds is 47. The molecule has 8 nitrogen and oxygen atoms in total. The Morgan fingerprint density at radius 3 is 1.35 bits per heavy atom. The van der Waals surface area contributed by atoms with Crippen molar-refractivity contribution in [1.82, 2.24) is 5.32 Å². The molecule has 0 aliphatic rings. The first kappa shape index (κ1) is 65.6. The standard InChI is InChI=1S/C60H101N2O6P/c1-6-8-10-12-14-16-18-20-22-24-25-26-27-28-29-30-31-32-33-34-35-36-37-38-40-42-44-46-48-50-52-54-60(64)61-58(57-68-69(65,66)67-56-55-62(3,4)5)59(63)53-51-49-47-45-43-41-39-23-21-19-17-15-13-11-9-7-2/h8,10,14,16,20-23,25-26,28-29,31-32,34-35,37-38,43,45,51,53,58-59,63H,6-7,9,11-13,15,17-19,24,27,30,33,36,39-42,44,46-50,52,54-57H2,1-5H3,(H-,61,64,65,66)/b10-8-,16-14-,22-20-,23-21+,26-25-,29-28-,32-31-,35-34-,38-37-,45-43+,53-51+. The fourth-order valence-electron chi connectivity index (χ4n) is 6.85. The first-order valence-electron chi connectivity index (χ1n) is 27.0. The number of unbranched alkanes of at least 4 members (excludes halogenated alkanes) is 14. The number of hydrogen-bond acceptors (Lipinski definition) is 6. The third-order valence-electron chi connectivity index (χ3n) is 11.1. The van der Waals surface area contributed by atoms with Gasteiger partial charge in [0.15, 0.2) is 0 Å². The number of aliphatic hydroxyl groups excluding tert-OH is 1. The van der Waals surface area contributed by atoms with E-state index in [0.717, 1.165) is 128 Å². The Morgan fingerprint density at radius 1 is 0.522 bits per heavy atom. The highest BCUT2D eigenvalue weighted by molar-refractivity contribution is 7.45. The lowest BCUT2D eigenvalue weighted by molar-refractivity contribution is -0.870. The van der Waals surface area contributed by atoms with Gasteiger partial charge in [-0.05, 0) is 109 Å². The number of nitrogens with zero attached hydrogens (tertiary/aromatic N) is 1. The van der Waals surface area contributed by atoms with E-state index in [2.05, 4.69) is 141 Å². The van der Waals surface area contributed by atoms with E-state index >= 15 is 0 Å². The summed E-state index contributed by atoms with van der Waals surface area (Å²) < 4.78 is 23.3. The summed E-state index contributed by atoms with van der Waals surface area (Å²) in [5.41, 5.74) is 0. The van der Waals surface area contributed by atoms with Crippen molar-refractivity contribution in [1.29, 1.82) is 0 Å². The van der Waals surface area contributed by atoms with Crippen LogP contribution in [0.5, 0.6) is 0 Å². The molecular formula is C60H101N2O6P. The zero-order valence-corrected chi connectivity index (χ0v) is 45.3. The van der Waals surface area contributed by atoms with Crippen molar-refractivity contribution < 1.29 is 32.9 Å². The maximum Gasteiger partial charge on any atom is 0.268 e. The Morgan fingerprint density at radius 2 is 0.899 bits per heavy atom. The van der Waals surface area contributed by atoms with Crippen LogP contribution in [0.3, 0.4) is 0 Å². The number of likely N-dealkylation sites (N-methyl/N-ethyl adjacent to an activating group) is 1. The van der Waals surface area contributed by atoms with Gasteiger partial charge in [-0.25, -0.2) is 0 Å². The molecule has 0 bridgehead atoms. The van der Waals surface area contributed by atoms with Crippen LogP contribution in [-0.2, 0) is 18.4 Å². The van der Waals surface area contributed by atoms with E-state index in [4.69, 9.17) is 9.05 Å². The van der Waals surface area contributed by atoms with E-state index in [-0.39, 0.29) is 12.5 Å². The minimum absolute atomic E-state index is 0.0199. The fraction of sp³-hybridized carbons (Fsp3) is 0.617. The molecule has 3 atom stereocenters. The Balaban J connectivity index is 4.35. The van der Waals surface area contributed by atoms with Gasteiger partial charge in [-0.15, -0.1) is 0 Å². The molecule has 0 aromatic carbocycles. The van der Waals surface area contributed by atoms with E-state index in [1.165, 1.54) is 38.5 Å². The predicted molar refractivity (Wildman–Crippen MR) is 297 cm³/mol. The number of carbonyl (C=O) groups is 1. The molecular weight excluding hydrogens is 876 g/mol. The lowest BCUT2D eigenvalue weighted by Gasteiger charge is -2.29. The van der Waals surface area contributed by atoms with Gasteiger partial charge in [0.25, 0.3) is 7.82 Å². The maximum atomic E-state index is 12.9. The number of phosphoric acid groups is 1. The summed E-state index contributed by atoms with van der Waals surface area (Å²) in [6.45, 7) is 4.46. The first-order chi connectivity index (χ1) is 33.5. The molecule has 0 aliphatic carbocycles. The lowest BCUT2D eigenvalue weighted by Crippen LogP contribution is -2.45. The number of phosphoric ester groups is 1. The highest BCUT2D eigenvalue weighted by Crippen LogP contribution is 2.38. The number of nitrogens with one attached hydrogen (secondary N) is 1. The largest absolute Gasteiger partial charge is 0.756 e. The van der Waals surface area contributed by atoms with Crippen LogP contribution in [0.25, 0.3) is 0 Å². The third kappa shape index (κ3) is 52.3. The maximum absolute atomic E-state index is 12.9. The molecule has 9 heteroatoms. The van der Waals surface area contributed by atoms with Crippen LogP contribution in [0, 0.1) is 0 Å². The molecule has 0 radical (unpaired) electrons. The molecule has 0 spiro atoms. The average Bonchev–Trinajstić information content (AvgIpc) is 3.31. The van der Waals surface area contributed by atoms with Crippen molar-refractivity contribution in [2.75, 3.05) is 40.9 Å². The van der Waals surface area contributed by atoms with Gasteiger partial charge in [0.05, 0.1) is 39.9 Å². The number of quaternary nitrogens is 1. The second-order valence-electron chi connectivity index (χ2n) is 18.8. The third-order valence-corrected chi connectivity index (χ3v) is 12.0. The highest BCUT2D eigenvalue weighted by Gasteiger charge is 2.23. The minimum Gasteiger partial charge on any atom is -0.756 e. The molecule has 0 aromatic heterocycles. The van der Waals surface area contributed by atoms with E-state index in [0.29, 0.717) is 17.4 Å². The van der Waals surface area contributed by atoms with Crippen molar-refractivity contribution in [3.63, 3.8) is 0 Å². The van der Waals surface area contributed by atoms with Crippen molar-refractivity contribution >= 4 is 13.7 Å². The monoisotopic (exact) mass is 977 g/mol. The summed E-state index contributed by atoms with van der Waals surface area (Å²) in [6, 6.07) is -0.928. The molecule has 1 amide bonds. The molecule has 2 N–H and O–H groups in total. The van der Waals surface area contributed by atoms with Gasteiger partial charge in [-0.1, -0.05) is 205 Å². The van der Waals surface area contributed by atoms with Crippen LogP contribution in [0.15, 0.2) is 134 Å². The Hall–Kier alpha value is -3.36. The summed E-state index contributed by atoms with van der Waals surface area (Å²) in [5.74, 6) is -0.233. The molecule has 0 aliphatic heterocycles. The summed E-state index contributed by atoms with van der Waals surface area (Å²) in [7, 11) is 1.20. The Labute approximate surface area is 424 Å². The van der Waals surface area contributed by atoms with E-state index < -0.39 is 26.6 Å². The lowest BCUT2D eigenvalue weighted by atomic mass is 10.1. The van der Waals surface area contributed by atoms with Gasteiger partial charge in [-0.3, -0.25) is 9.36 Å². The highest BCUT2D eigenvalue weighted by atomic mass is 31.2. The number of hydrogen-bond donors (Lipinski definition) is 2. The van der Waals surface area contributed by atoms with Gasteiger partial charge >= 0.3 is 0 Å². The number of amides is 1. The van der Waals surface area contributed by atoms with Gasteiger partial charge in [0, 0.05) is 6.42 Å². The van der Waals surface area contributed by atoms with E-state index in [1.54, 1.807) is 6.08 Å². The molecule has 69 heavy (non-hydrogen) atoms. The SMILES string of the molecule is CC/C=C\C/C=C\C/C=C\C/C=C\C/C=C\C/C=C\C/C=C\C/C=C\CCCCCCCCC(=O)NC(COP(=O)([O-])OCC[N+](C)(C)C)C(O)/C=C/CC/C=C/CC/C=C/CCCCCCCC. The summed E-state index contributed by atoms with van der Waals surface area (Å²) in [4.78, 5) is 25.4. The van der Waals surface area contributed by atoms with E-state index in [1.807, 2.05) is 27.2 Å². The molecule has 0 rings (SSSR count). The Kier molecular flexibility index (Phi) is 47.2. The second-order valence-corrected chi connectivity index (χ2v) is 20.2. The molecule has 0 saturated carbocycles. The van der Waals surface area contributed by atoms with Crippen molar-refractivity contribution in [3.05, 3.63) is 134 Å². The Bertz CT molecular complexity index is 1580. The summed E-state index contributed by atoms with van der Waals surface area (Å²) >= 11 is 0. The molecule has 0 aromatic rings. The predicted octanol–water partition coefficient (Wildman–Crippen LogP) is 15.7. The van der Waals surface area contributed by atoms with Crippen LogP contribution in [-0.4, -0.2) is 68.5 Å². The van der Waals surface area contributed by atoms with Crippen LogP contribution in [0.2, 0.25) is 0 Å². The second kappa shape index (κ2) is 49.6. The molecule has 392 valence electrons. The van der Waals surface area contributed by atoms with Gasteiger partial charge < -0.3 is 28.8 Å². The molecule has 0 saturated heterocycles. The van der Waals surface area contributed by atoms with Crippen molar-refractivity contribution in [2.24, 2.45) is 0 Å². The topological polar surface area (TPSA) is 108 Å². The van der Waals surface area contributed by atoms with E-state index in [9.17, 15) is 19.4 Å². The fourth-order valence-corrected chi connectivity index (χ4v) is 7.57. The first-order valence-corrected chi connectivity index (χ1v) is 28.5. The van der Waals surface area contributed by atoms with Gasteiger partial charge in [0.1, 0.15) is 13.2 Å². The molecule has 0 fully saturated rings. The summed E-state index contributed by atoms with van der Waals surface area (Å²) in [6.07, 6.45) is 75.2. The minimum atomic E-state index is -4.62. The number of allylic oxidation sites excluding steroid dienone is 21. The molecule has 3 unspecified atom stereocenters. The zero-order valence-electron chi connectivity index (χ0n) is 44.5. The van der Waals surface area contributed by atoms with Crippen LogP contribution in [0.1, 0.15) is 187 Å². The van der Waals surface area contributed by atoms with Crippen LogP contribution in [0.4, 0.5) is 0 Å². The quantitative estimate of drug-likeness (QED) is 0.0272. The number of aliphatic hydroxyl groups is 1. The van der Waals surface area contributed by atoms with Crippen molar-refractivity contribution in [3.8, 4) is 0 Å². The van der Waals surface area contributed by atoms with Gasteiger partial charge in [0.2, 0.25) is 5.91 Å². The summed E-state index contributed by atoms with van der Waals surface area (Å²) in [5, 5.41) is 13.8. The zero-order chi connectivity index (χ0) is 50.6. The average molecular weight is 977 g/mol. The van der Waals surface area contributed by atoms with Crippen LogP contribution >= 0.6 is 7.82 Å². The normalized spacial score (nSPS) is 15.1. The molecule has 0 heterocycles. The number of carbonyl (C=O) groups excluding carboxylic acids is 1. The smallest absolute Gasteiger partial charge is 0.268 e. The van der Waals surface area contributed by atoms with Crippen molar-refractivity contribution in [2.45, 2.75) is 199 Å². The van der Waals surface area contributed by atoms with Gasteiger partial charge in [-0.2, -0.15) is 0 Å².